The molecule has 0 bridgehead atoms. The van der Waals surface area contributed by atoms with Crippen LogP contribution in [0.5, 0.6) is 0 Å². The van der Waals surface area contributed by atoms with Crippen molar-refractivity contribution in [3.05, 3.63) is 89.4 Å². The molecule has 158 valence electrons. The predicted molar refractivity (Wildman–Crippen MR) is 119 cm³/mol. The van der Waals surface area contributed by atoms with Crippen LogP contribution in [-0.4, -0.2) is 36.8 Å². The van der Waals surface area contributed by atoms with E-state index in [1.54, 1.807) is 15.8 Å². The van der Waals surface area contributed by atoms with Crippen molar-refractivity contribution >= 4 is 17.7 Å². The number of para-hydroxylation sites is 1. The molecule has 4 rings (SSSR count). The summed E-state index contributed by atoms with van der Waals surface area (Å²) in [5.74, 6) is 0.953. The number of aromatic nitrogens is 4. The number of tetrazole rings is 1. The van der Waals surface area contributed by atoms with Crippen molar-refractivity contribution in [1.29, 1.82) is 0 Å². The summed E-state index contributed by atoms with van der Waals surface area (Å²) in [5.41, 5.74) is 4.15. The van der Waals surface area contributed by atoms with Crippen LogP contribution in [0.4, 0.5) is 0 Å². The Labute approximate surface area is 185 Å². The van der Waals surface area contributed by atoms with Crippen LogP contribution in [0.3, 0.4) is 0 Å². The number of amides is 1. The first-order valence-electron chi connectivity index (χ1n) is 9.93. The van der Waals surface area contributed by atoms with Crippen LogP contribution >= 0.6 is 11.8 Å². The quantitative estimate of drug-likeness (QED) is 0.388. The molecule has 4 aromatic rings. The first-order valence-corrected chi connectivity index (χ1v) is 10.9. The van der Waals surface area contributed by atoms with E-state index >= 15 is 0 Å². The maximum absolute atomic E-state index is 13.1. The SMILES string of the molecule is Cc1cccc(C)c1-n1nnnc1SCC(=O)N(Cc1ccccc1)Cc1ccco1. The molecule has 0 saturated heterocycles. The molecule has 0 radical (unpaired) electrons. The van der Waals surface area contributed by atoms with E-state index in [1.807, 2.05) is 74.5 Å². The van der Waals surface area contributed by atoms with Gasteiger partial charge in [-0.3, -0.25) is 4.79 Å². The van der Waals surface area contributed by atoms with Crippen molar-refractivity contribution in [2.75, 3.05) is 5.75 Å². The number of carbonyl (C=O) groups is 1. The van der Waals surface area contributed by atoms with Gasteiger partial charge in [0.05, 0.1) is 24.2 Å². The van der Waals surface area contributed by atoms with Gasteiger partial charge in [0.25, 0.3) is 0 Å². The van der Waals surface area contributed by atoms with Crippen molar-refractivity contribution < 1.29 is 9.21 Å². The first-order chi connectivity index (χ1) is 15.1. The Morgan fingerprint density at radius 3 is 2.48 bits per heavy atom. The van der Waals surface area contributed by atoms with Gasteiger partial charge in [-0.25, -0.2) is 0 Å². The monoisotopic (exact) mass is 433 g/mol. The first kappa shape index (κ1) is 20.9. The van der Waals surface area contributed by atoms with Crippen LogP contribution in [0.1, 0.15) is 22.5 Å². The van der Waals surface area contributed by atoms with Gasteiger partial charge < -0.3 is 9.32 Å². The van der Waals surface area contributed by atoms with E-state index < -0.39 is 0 Å². The lowest BCUT2D eigenvalue weighted by Crippen LogP contribution is -2.31. The van der Waals surface area contributed by atoms with Crippen LogP contribution < -0.4 is 0 Å². The van der Waals surface area contributed by atoms with Crippen molar-refractivity contribution in [1.82, 2.24) is 25.1 Å². The zero-order valence-corrected chi connectivity index (χ0v) is 18.2. The fourth-order valence-electron chi connectivity index (χ4n) is 3.39. The normalized spacial score (nSPS) is 10.9. The lowest BCUT2D eigenvalue weighted by atomic mass is 10.1. The lowest BCUT2D eigenvalue weighted by Gasteiger charge is -2.21. The Morgan fingerprint density at radius 2 is 1.77 bits per heavy atom. The summed E-state index contributed by atoms with van der Waals surface area (Å²) < 4.78 is 7.17. The third-order valence-corrected chi connectivity index (χ3v) is 5.82. The smallest absolute Gasteiger partial charge is 0.233 e. The minimum atomic E-state index is -0.0127. The van der Waals surface area contributed by atoms with Gasteiger partial charge in [-0.1, -0.05) is 60.3 Å². The number of carbonyl (C=O) groups excluding carboxylic acids is 1. The molecule has 1 amide bonds. The Morgan fingerprint density at radius 1 is 1.00 bits per heavy atom. The van der Waals surface area contributed by atoms with Crippen molar-refractivity contribution in [3.63, 3.8) is 0 Å². The largest absolute Gasteiger partial charge is 0.467 e. The topological polar surface area (TPSA) is 77.1 Å². The molecule has 0 fully saturated rings. The van der Waals surface area contributed by atoms with Crippen molar-refractivity contribution in [2.45, 2.75) is 32.1 Å². The molecule has 2 aromatic heterocycles. The van der Waals surface area contributed by atoms with E-state index in [2.05, 4.69) is 15.5 Å². The Balaban J connectivity index is 1.50. The van der Waals surface area contributed by atoms with Gasteiger partial charge in [-0.2, -0.15) is 4.68 Å². The molecule has 8 heteroatoms. The minimum Gasteiger partial charge on any atom is -0.467 e. The predicted octanol–water partition coefficient (Wildman–Crippen LogP) is 4.19. The third-order valence-electron chi connectivity index (χ3n) is 4.91. The molecule has 0 spiro atoms. The van der Waals surface area contributed by atoms with Crippen LogP contribution in [-0.2, 0) is 17.9 Å². The summed E-state index contributed by atoms with van der Waals surface area (Å²) in [4.78, 5) is 14.9. The summed E-state index contributed by atoms with van der Waals surface area (Å²) in [5, 5.41) is 12.7. The van der Waals surface area contributed by atoms with Crippen LogP contribution in [0.25, 0.3) is 5.69 Å². The number of rotatable bonds is 8. The van der Waals surface area contributed by atoms with E-state index in [-0.39, 0.29) is 11.7 Å². The molecule has 0 aliphatic heterocycles. The maximum atomic E-state index is 13.1. The Hall–Kier alpha value is -3.39. The van der Waals surface area contributed by atoms with Gasteiger partial charge in [-0.15, -0.1) is 5.10 Å². The highest BCUT2D eigenvalue weighted by atomic mass is 32.2. The average molecular weight is 434 g/mol. The lowest BCUT2D eigenvalue weighted by molar-refractivity contribution is -0.129. The third kappa shape index (κ3) is 5.03. The van der Waals surface area contributed by atoms with Gasteiger partial charge >= 0.3 is 0 Å². The second kappa shape index (κ2) is 9.61. The van der Waals surface area contributed by atoms with Crippen molar-refractivity contribution in [2.24, 2.45) is 0 Å². The van der Waals surface area contributed by atoms with Gasteiger partial charge in [0.1, 0.15) is 5.76 Å². The number of nitrogens with zero attached hydrogens (tertiary/aromatic N) is 5. The molecule has 0 aliphatic carbocycles. The highest BCUT2D eigenvalue weighted by molar-refractivity contribution is 7.99. The fourth-order valence-corrected chi connectivity index (χ4v) is 4.17. The number of thioether (sulfide) groups is 1. The highest BCUT2D eigenvalue weighted by Gasteiger charge is 2.19. The molecule has 0 N–H and O–H groups in total. The highest BCUT2D eigenvalue weighted by Crippen LogP contribution is 2.24. The molecule has 7 nitrogen and oxygen atoms in total. The number of aryl methyl sites for hydroxylation is 2. The number of hydrogen-bond acceptors (Lipinski definition) is 6. The van der Waals surface area contributed by atoms with E-state index in [0.717, 1.165) is 28.1 Å². The molecule has 0 atom stereocenters. The fraction of sp³-hybridized carbons (Fsp3) is 0.217. The standard InChI is InChI=1S/C23H23N5O2S/c1-17-8-6-9-18(2)22(17)28-23(24-25-26-28)31-16-21(29)27(15-20-12-7-13-30-20)14-19-10-4-3-5-11-19/h3-13H,14-16H2,1-2H3. The number of hydrogen-bond donors (Lipinski definition) is 0. The van der Waals surface area contributed by atoms with Gasteiger partial charge in [0, 0.05) is 6.54 Å². The van der Waals surface area contributed by atoms with Crippen molar-refractivity contribution in [3.8, 4) is 5.69 Å². The summed E-state index contributed by atoms with van der Waals surface area (Å²) in [6.07, 6.45) is 1.62. The summed E-state index contributed by atoms with van der Waals surface area (Å²) in [7, 11) is 0. The molecule has 0 saturated carbocycles. The van der Waals surface area contributed by atoms with Crippen LogP contribution in [0, 0.1) is 13.8 Å². The molecule has 2 aromatic carbocycles. The van der Waals surface area contributed by atoms with Crippen LogP contribution in [0.15, 0.2) is 76.5 Å². The summed E-state index contributed by atoms with van der Waals surface area (Å²) in [6.45, 7) is 4.95. The van der Waals surface area contributed by atoms with E-state index in [9.17, 15) is 4.79 Å². The minimum absolute atomic E-state index is 0.0127. The second-order valence-electron chi connectivity index (χ2n) is 7.22. The van der Waals surface area contributed by atoms with Gasteiger partial charge in [0.2, 0.25) is 11.1 Å². The van der Waals surface area contributed by atoms with E-state index in [0.29, 0.717) is 18.2 Å². The molecule has 0 aliphatic rings. The summed E-state index contributed by atoms with van der Waals surface area (Å²) in [6, 6.07) is 19.7. The molecule has 0 unspecified atom stereocenters. The zero-order valence-electron chi connectivity index (χ0n) is 17.4. The molecule has 2 heterocycles. The van der Waals surface area contributed by atoms with Gasteiger partial charge in [-0.05, 0) is 53.1 Å². The summed E-state index contributed by atoms with van der Waals surface area (Å²) >= 11 is 1.33. The van der Waals surface area contributed by atoms with E-state index in [4.69, 9.17) is 4.42 Å². The second-order valence-corrected chi connectivity index (χ2v) is 8.16. The molecule has 31 heavy (non-hydrogen) atoms. The number of benzene rings is 2. The zero-order chi connectivity index (χ0) is 21.6. The Bertz CT molecular complexity index is 1120. The Kier molecular flexibility index (Phi) is 6.47. The van der Waals surface area contributed by atoms with E-state index in [1.165, 1.54) is 11.8 Å². The van der Waals surface area contributed by atoms with Gasteiger partial charge in [0.15, 0.2) is 0 Å². The molecular weight excluding hydrogens is 410 g/mol. The number of furan rings is 1. The maximum Gasteiger partial charge on any atom is 0.233 e. The molecular formula is C23H23N5O2S. The average Bonchev–Trinajstić information content (AvgIpc) is 3.44. The van der Waals surface area contributed by atoms with Crippen LogP contribution in [0.2, 0.25) is 0 Å².